The molecular formula is C19H25N3OS. The van der Waals surface area contributed by atoms with Crippen LogP contribution in [0.4, 0.5) is 0 Å². The van der Waals surface area contributed by atoms with Crippen LogP contribution in [0.5, 0.6) is 0 Å². The number of benzene rings is 1. The van der Waals surface area contributed by atoms with Crippen LogP contribution in [-0.4, -0.2) is 34.9 Å². The number of thiazole rings is 1. The molecule has 0 aliphatic carbocycles. The molecule has 2 aromatic rings. The monoisotopic (exact) mass is 343 g/mol. The van der Waals surface area contributed by atoms with Gasteiger partial charge in [0.05, 0.1) is 5.01 Å². The summed E-state index contributed by atoms with van der Waals surface area (Å²) in [5, 5.41) is 6.07. The maximum absolute atomic E-state index is 12.4. The lowest BCUT2D eigenvalue weighted by Crippen LogP contribution is -2.37. The molecule has 0 bridgehead atoms. The number of carbonyl (C=O) groups excluding carboxylic acids is 1. The first-order chi connectivity index (χ1) is 11.6. The van der Waals surface area contributed by atoms with Crippen molar-refractivity contribution in [3.8, 4) is 0 Å². The fourth-order valence-corrected chi connectivity index (χ4v) is 4.04. The van der Waals surface area contributed by atoms with E-state index in [4.69, 9.17) is 0 Å². The fraction of sp³-hybridized carbons (Fsp3) is 0.474. The second-order valence-electron chi connectivity index (χ2n) is 6.90. The molecular weight excluding hydrogens is 318 g/mol. The van der Waals surface area contributed by atoms with Gasteiger partial charge >= 0.3 is 0 Å². The Morgan fingerprint density at radius 3 is 2.92 bits per heavy atom. The number of nitrogens with zero attached hydrogens (tertiary/aromatic N) is 2. The molecule has 2 heterocycles. The van der Waals surface area contributed by atoms with E-state index < -0.39 is 0 Å². The standard InChI is InChI=1S/C19H25N3OS/c1-14(2)10-18-21-17(13-24-18)19(23)20-16-8-9-22(12-16)11-15-6-4-3-5-7-15/h3-7,13-14,16H,8-12H2,1-2H3,(H,20,23). The van der Waals surface area contributed by atoms with E-state index >= 15 is 0 Å². The Morgan fingerprint density at radius 2 is 2.17 bits per heavy atom. The van der Waals surface area contributed by atoms with Gasteiger partial charge in [0, 0.05) is 37.5 Å². The summed E-state index contributed by atoms with van der Waals surface area (Å²) in [7, 11) is 0. The van der Waals surface area contributed by atoms with Gasteiger partial charge in [0.25, 0.3) is 5.91 Å². The Morgan fingerprint density at radius 1 is 1.38 bits per heavy atom. The van der Waals surface area contributed by atoms with Gasteiger partial charge in [-0.15, -0.1) is 11.3 Å². The number of aromatic nitrogens is 1. The predicted molar refractivity (Wildman–Crippen MR) is 98.2 cm³/mol. The Hall–Kier alpha value is -1.72. The van der Waals surface area contributed by atoms with Crippen molar-refractivity contribution in [2.75, 3.05) is 13.1 Å². The van der Waals surface area contributed by atoms with E-state index in [-0.39, 0.29) is 11.9 Å². The summed E-state index contributed by atoms with van der Waals surface area (Å²) < 4.78 is 0. The quantitative estimate of drug-likeness (QED) is 0.875. The van der Waals surface area contributed by atoms with Gasteiger partial charge in [-0.1, -0.05) is 44.2 Å². The van der Waals surface area contributed by atoms with Crippen molar-refractivity contribution in [2.24, 2.45) is 5.92 Å². The highest BCUT2D eigenvalue weighted by molar-refractivity contribution is 7.09. The predicted octanol–water partition coefficient (Wildman–Crippen LogP) is 3.35. The van der Waals surface area contributed by atoms with E-state index in [1.165, 1.54) is 5.56 Å². The number of hydrogen-bond donors (Lipinski definition) is 1. The third-order valence-electron chi connectivity index (χ3n) is 4.22. The molecule has 1 atom stereocenters. The van der Waals surface area contributed by atoms with Crippen LogP contribution in [-0.2, 0) is 13.0 Å². The van der Waals surface area contributed by atoms with E-state index in [0.29, 0.717) is 11.6 Å². The van der Waals surface area contributed by atoms with Crippen molar-refractivity contribution in [1.82, 2.24) is 15.2 Å². The molecule has 1 saturated heterocycles. The van der Waals surface area contributed by atoms with E-state index in [9.17, 15) is 4.79 Å². The lowest BCUT2D eigenvalue weighted by Gasteiger charge is -2.16. The average Bonchev–Trinajstić information content (AvgIpc) is 3.17. The summed E-state index contributed by atoms with van der Waals surface area (Å²) in [5.41, 5.74) is 1.89. The lowest BCUT2D eigenvalue weighted by atomic mass is 10.1. The summed E-state index contributed by atoms with van der Waals surface area (Å²) >= 11 is 1.58. The van der Waals surface area contributed by atoms with Gasteiger partial charge in [-0.2, -0.15) is 0 Å². The van der Waals surface area contributed by atoms with Gasteiger partial charge in [-0.05, 0) is 17.9 Å². The minimum absolute atomic E-state index is 0.0344. The third kappa shape index (κ3) is 4.65. The smallest absolute Gasteiger partial charge is 0.271 e. The van der Waals surface area contributed by atoms with Gasteiger partial charge in [-0.25, -0.2) is 4.98 Å². The molecule has 1 N–H and O–H groups in total. The summed E-state index contributed by atoms with van der Waals surface area (Å²) in [4.78, 5) is 19.2. The molecule has 0 radical (unpaired) electrons. The fourth-order valence-electron chi connectivity index (χ4n) is 3.05. The number of carbonyl (C=O) groups is 1. The minimum atomic E-state index is -0.0344. The highest BCUT2D eigenvalue weighted by Crippen LogP contribution is 2.16. The van der Waals surface area contributed by atoms with Crippen molar-refractivity contribution in [3.05, 3.63) is 52.0 Å². The van der Waals surface area contributed by atoms with Crippen LogP contribution in [0.1, 0.15) is 41.3 Å². The van der Waals surface area contributed by atoms with Crippen molar-refractivity contribution in [2.45, 2.75) is 39.3 Å². The average molecular weight is 343 g/mol. The van der Waals surface area contributed by atoms with Gasteiger partial charge in [0.15, 0.2) is 0 Å². The molecule has 1 aromatic carbocycles. The summed E-state index contributed by atoms with van der Waals surface area (Å²) in [6.45, 7) is 7.21. The van der Waals surface area contributed by atoms with E-state index in [2.05, 4.69) is 53.3 Å². The van der Waals surface area contributed by atoms with Crippen LogP contribution in [0.15, 0.2) is 35.7 Å². The second-order valence-corrected chi connectivity index (χ2v) is 7.85. The number of hydrogen-bond acceptors (Lipinski definition) is 4. The molecule has 128 valence electrons. The van der Waals surface area contributed by atoms with E-state index in [1.54, 1.807) is 11.3 Å². The summed E-state index contributed by atoms with van der Waals surface area (Å²) in [5.74, 6) is 0.529. The Balaban J connectivity index is 1.50. The SMILES string of the molecule is CC(C)Cc1nc(C(=O)NC2CCN(Cc3ccccc3)C2)cs1. The van der Waals surface area contributed by atoms with Crippen LogP contribution < -0.4 is 5.32 Å². The molecule has 5 heteroatoms. The molecule has 1 aliphatic rings. The first kappa shape index (κ1) is 17.1. The molecule has 1 aliphatic heterocycles. The highest BCUT2D eigenvalue weighted by Gasteiger charge is 2.25. The van der Waals surface area contributed by atoms with Gasteiger partial charge < -0.3 is 5.32 Å². The van der Waals surface area contributed by atoms with Gasteiger partial charge in [-0.3, -0.25) is 9.69 Å². The topological polar surface area (TPSA) is 45.2 Å². The Labute approximate surface area is 147 Å². The van der Waals surface area contributed by atoms with Gasteiger partial charge in [0.1, 0.15) is 5.69 Å². The molecule has 1 fully saturated rings. The van der Waals surface area contributed by atoms with Crippen molar-refractivity contribution in [1.29, 1.82) is 0 Å². The zero-order valence-corrected chi connectivity index (χ0v) is 15.2. The lowest BCUT2D eigenvalue weighted by molar-refractivity contribution is 0.0933. The number of nitrogens with one attached hydrogen (secondary N) is 1. The van der Waals surface area contributed by atoms with Crippen LogP contribution in [0, 0.1) is 5.92 Å². The van der Waals surface area contributed by atoms with Crippen molar-refractivity contribution < 1.29 is 4.79 Å². The van der Waals surface area contributed by atoms with Crippen LogP contribution in [0.3, 0.4) is 0 Å². The van der Waals surface area contributed by atoms with E-state index in [0.717, 1.165) is 37.5 Å². The molecule has 1 amide bonds. The third-order valence-corrected chi connectivity index (χ3v) is 5.09. The maximum Gasteiger partial charge on any atom is 0.271 e. The molecule has 4 nitrogen and oxygen atoms in total. The molecule has 3 rings (SSSR count). The highest BCUT2D eigenvalue weighted by atomic mass is 32.1. The number of likely N-dealkylation sites (tertiary alicyclic amines) is 1. The number of rotatable bonds is 6. The van der Waals surface area contributed by atoms with Crippen molar-refractivity contribution in [3.63, 3.8) is 0 Å². The minimum Gasteiger partial charge on any atom is -0.347 e. The Bertz CT molecular complexity index is 668. The normalized spacial score (nSPS) is 18.2. The first-order valence-electron chi connectivity index (χ1n) is 8.61. The second kappa shape index (κ2) is 7.90. The zero-order valence-electron chi connectivity index (χ0n) is 14.4. The first-order valence-corrected chi connectivity index (χ1v) is 9.49. The molecule has 1 unspecified atom stereocenters. The van der Waals surface area contributed by atoms with Crippen LogP contribution >= 0.6 is 11.3 Å². The molecule has 1 aromatic heterocycles. The van der Waals surface area contributed by atoms with E-state index in [1.807, 2.05) is 11.4 Å². The number of amides is 1. The molecule has 0 spiro atoms. The summed E-state index contributed by atoms with van der Waals surface area (Å²) in [6.07, 6.45) is 1.94. The van der Waals surface area contributed by atoms with Crippen LogP contribution in [0.25, 0.3) is 0 Å². The van der Waals surface area contributed by atoms with Crippen LogP contribution in [0.2, 0.25) is 0 Å². The Kier molecular flexibility index (Phi) is 5.63. The zero-order chi connectivity index (χ0) is 16.9. The molecule has 0 saturated carbocycles. The summed E-state index contributed by atoms with van der Waals surface area (Å²) in [6, 6.07) is 10.7. The maximum atomic E-state index is 12.4. The molecule has 24 heavy (non-hydrogen) atoms. The van der Waals surface area contributed by atoms with Gasteiger partial charge in [0.2, 0.25) is 0 Å². The van der Waals surface area contributed by atoms with Crippen molar-refractivity contribution >= 4 is 17.2 Å². The largest absolute Gasteiger partial charge is 0.347 e.